The summed E-state index contributed by atoms with van der Waals surface area (Å²) in [5.74, 6) is 1.37. The van der Waals surface area contributed by atoms with Crippen molar-refractivity contribution in [2.24, 2.45) is 5.41 Å². The van der Waals surface area contributed by atoms with Crippen LogP contribution < -0.4 is 5.63 Å². The number of rotatable bonds is 7. The Morgan fingerprint density at radius 3 is 2.67 bits per heavy atom. The second-order valence-corrected chi connectivity index (χ2v) is 8.89. The largest absolute Gasteiger partial charge is 0.507 e. The van der Waals surface area contributed by atoms with Crippen molar-refractivity contribution in [1.29, 1.82) is 0 Å². The predicted molar refractivity (Wildman–Crippen MR) is 106 cm³/mol. The normalized spacial score (nSPS) is 23.1. The summed E-state index contributed by atoms with van der Waals surface area (Å²) in [6.45, 7) is 3.93. The number of hydrogen-bond donors (Lipinski definition) is 1. The third-order valence-electron chi connectivity index (χ3n) is 5.83. The maximum atomic E-state index is 12.8. The monoisotopic (exact) mass is 386 g/mol. The third kappa shape index (κ3) is 3.57. The summed E-state index contributed by atoms with van der Waals surface area (Å²) in [6.07, 6.45) is 8.02. The third-order valence-corrected chi connectivity index (χ3v) is 6.56. The van der Waals surface area contributed by atoms with Gasteiger partial charge in [0.1, 0.15) is 22.7 Å². The first-order valence-corrected chi connectivity index (χ1v) is 10.6. The van der Waals surface area contributed by atoms with E-state index in [0.717, 1.165) is 31.4 Å². The Hall–Kier alpha value is -2.01. The van der Waals surface area contributed by atoms with Gasteiger partial charge >= 0.3 is 5.63 Å². The summed E-state index contributed by atoms with van der Waals surface area (Å²) in [7, 11) is 0. The Balaban J connectivity index is 1.60. The van der Waals surface area contributed by atoms with Crippen LogP contribution in [0.25, 0.3) is 0 Å². The molecule has 0 spiro atoms. The van der Waals surface area contributed by atoms with E-state index in [4.69, 9.17) is 9.15 Å². The zero-order chi connectivity index (χ0) is 19.1. The van der Waals surface area contributed by atoms with Gasteiger partial charge < -0.3 is 14.3 Å². The molecule has 1 aliphatic carbocycles. The molecule has 1 N–H and O–H groups in total. The molecule has 2 aliphatic rings. The van der Waals surface area contributed by atoms with E-state index in [2.05, 4.69) is 16.8 Å². The molecule has 3 heterocycles. The molecule has 2 aromatic rings. The Bertz CT molecular complexity index is 905. The second kappa shape index (κ2) is 6.86. The fraction of sp³-hybridized carbons (Fsp3) is 0.500. The molecule has 2 aromatic heterocycles. The zero-order valence-electron chi connectivity index (χ0n) is 15.9. The van der Waals surface area contributed by atoms with Gasteiger partial charge in [-0.15, -0.1) is 0 Å². The van der Waals surface area contributed by atoms with E-state index >= 15 is 0 Å². The van der Waals surface area contributed by atoms with E-state index in [9.17, 15) is 9.90 Å². The molecule has 1 aliphatic heterocycles. The zero-order valence-corrected chi connectivity index (χ0v) is 16.7. The maximum Gasteiger partial charge on any atom is 0.346 e. The highest BCUT2D eigenvalue weighted by atomic mass is 32.1. The summed E-state index contributed by atoms with van der Waals surface area (Å²) in [5.41, 5.74) is 0.504. The highest BCUT2D eigenvalue weighted by molar-refractivity contribution is 7.07. The van der Waals surface area contributed by atoms with Crippen LogP contribution in [0.15, 0.2) is 43.9 Å². The molecule has 0 aromatic carbocycles. The van der Waals surface area contributed by atoms with Crippen molar-refractivity contribution in [3.63, 3.8) is 0 Å². The highest BCUT2D eigenvalue weighted by Gasteiger charge is 2.45. The van der Waals surface area contributed by atoms with Crippen LogP contribution in [-0.2, 0) is 23.2 Å². The Labute approximate surface area is 163 Å². The lowest BCUT2D eigenvalue weighted by Gasteiger charge is -2.29. The van der Waals surface area contributed by atoms with Crippen LogP contribution in [0.4, 0.5) is 0 Å². The van der Waals surface area contributed by atoms with Gasteiger partial charge in [0.25, 0.3) is 0 Å². The van der Waals surface area contributed by atoms with Crippen molar-refractivity contribution in [2.75, 3.05) is 0 Å². The van der Waals surface area contributed by atoms with Crippen molar-refractivity contribution in [2.45, 2.75) is 64.4 Å². The number of thiophene rings is 1. The van der Waals surface area contributed by atoms with Crippen LogP contribution >= 0.6 is 11.3 Å². The van der Waals surface area contributed by atoms with Gasteiger partial charge in [0.05, 0.1) is 5.76 Å². The molecule has 1 unspecified atom stereocenters. The van der Waals surface area contributed by atoms with Crippen LogP contribution in [0, 0.1) is 5.41 Å². The molecule has 0 saturated heterocycles. The smallest absolute Gasteiger partial charge is 0.346 e. The predicted octanol–water partition coefficient (Wildman–Crippen LogP) is 5.29. The molecule has 144 valence electrons. The topological polar surface area (TPSA) is 59.7 Å². The summed E-state index contributed by atoms with van der Waals surface area (Å²) >= 11 is 1.71. The molecule has 1 fully saturated rings. The van der Waals surface area contributed by atoms with Gasteiger partial charge in [-0.05, 0) is 66.5 Å². The van der Waals surface area contributed by atoms with Gasteiger partial charge in [0, 0.05) is 18.9 Å². The Kier molecular flexibility index (Phi) is 4.66. The number of hydrogen-bond acceptors (Lipinski definition) is 5. The summed E-state index contributed by atoms with van der Waals surface area (Å²) in [4.78, 5) is 12.8. The van der Waals surface area contributed by atoms with E-state index in [-0.39, 0.29) is 16.7 Å². The lowest BCUT2D eigenvalue weighted by molar-refractivity contribution is 0.00891. The van der Waals surface area contributed by atoms with E-state index in [1.807, 2.05) is 19.9 Å². The molecular formula is C22H26O4S. The van der Waals surface area contributed by atoms with Crippen LogP contribution in [0.2, 0.25) is 0 Å². The number of aromatic hydroxyl groups is 1. The minimum Gasteiger partial charge on any atom is -0.507 e. The van der Waals surface area contributed by atoms with Gasteiger partial charge in [-0.2, -0.15) is 11.3 Å². The van der Waals surface area contributed by atoms with E-state index in [1.54, 1.807) is 17.4 Å². The van der Waals surface area contributed by atoms with Gasteiger partial charge in [0.15, 0.2) is 0 Å². The summed E-state index contributed by atoms with van der Waals surface area (Å²) < 4.78 is 11.7. The fourth-order valence-corrected chi connectivity index (χ4v) is 5.03. The first-order chi connectivity index (χ1) is 13.0. The van der Waals surface area contributed by atoms with Crippen LogP contribution in [0.3, 0.4) is 0 Å². The molecule has 0 bridgehead atoms. The van der Waals surface area contributed by atoms with E-state index in [0.29, 0.717) is 25.0 Å². The average molecular weight is 387 g/mol. The van der Waals surface area contributed by atoms with Crippen molar-refractivity contribution < 1.29 is 14.3 Å². The lowest BCUT2D eigenvalue weighted by Crippen LogP contribution is -2.32. The van der Waals surface area contributed by atoms with E-state index < -0.39 is 11.2 Å². The molecule has 5 heteroatoms. The average Bonchev–Trinajstić information content (AvgIpc) is 2.99. The SMILES string of the molecule is CCCC1(c2c(O)cc(CC3(Cc4ccsc4)CC3)oc2=O)CC=C(C)O1. The van der Waals surface area contributed by atoms with Crippen molar-refractivity contribution >= 4 is 11.3 Å². The van der Waals surface area contributed by atoms with Crippen LogP contribution in [0.1, 0.15) is 62.8 Å². The Morgan fingerprint density at radius 2 is 2.11 bits per heavy atom. The standard InChI is InChI=1S/C22H26O4S/c1-3-6-22(7-4-15(2)26-22)19-18(23)11-17(25-20(19)24)13-21(8-9-21)12-16-5-10-27-14-16/h4-5,10-11,14,23H,3,6-9,12-13H2,1-2H3. The quantitative estimate of drug-likeness (QED) is 0.702. The fourth-order valence-electron chi connectivity index (χ4n) is 4.36. The van der Waals surface area contributed by atoms with E-state index in [1.165, 1.54) is 5.56 Å². The maximum absolute atomic E-state index is 12.8. The number of allylic oxidation sites excluding steroid dienone is 1. The number of ether oxygens (including phenoxy) is 1. The van der Waals surface area contributed by atoms with Gasteiger partial charge in [-0.3, -0.25) is 0 Å². The first-order valence-electron chi connectivity index (χ1n) is 9.69. The summed E-state index contributed by atoms with van der Waals surface area (Å²) in [6, 6.07) is 3.79. The Morgan fingerprint density at radius 1 is 1.30 bits per heavy atom. The molecule has 0 amide bonds. The first kappa shape index (κ1) is 18.4. The molecule has 1 saturated carbocycles. The molecule has 4 rings (SSSR count). The van der Waals surface area contributed by atoms with Crippen molar-refractivity contribution in [1.82, 2.24) is 0 Å². The molecule has 4 nitrogen and oxygen atoms in total. The van der Waals surface area contributed by atoms with Crippen molar-refractivity contribution in [3.05, 3.63) is 62.0 Å². The highest BCUT2D eigenvalue weighted by Crippen LogP contribution is 2.51. The second-order valence-electron chi connectivity index (χ2n) is 8.11. The van der Waals surface area contributed by atoms with Gasteiger partial charge in [-0.25, -0.2) is 4.79 Å². The summed E-state index contributed by atoms with van der Waals surface area (Å²) in [5, 5.41) is 15.0. The van der Waals surface area contributed by atoms with Gasteiger partial charge in [-0.1, -0.05) is 13.3 Å². The lowest BCUT2D eigenvalue weighted by atomic mass is 9.87. The molecule has 0 radical (unpaired) electrons. The van der Waals surface area contributed by atoms with Crippen LogP contribution in [0.5, 0.6) is 5.75 Å². The molecule has 1 atom stereocenters. The molecule has 27 heavy (non-hydrogen) atoms. The van der Waals surface area contributed by atoms with Crippen molar-refractivity contribution in [3.8, 4) is 5.75 Å². The van der Waals surface area contributed by atoms with Gasteiger partial charge in [0.2, 0.25) is 0 Å². The minimum absolute atomic E-state index is 0.00383. The molecular weight excluding hydrogens is 360 g/mol. The van der Waals surface area contributed by atoms with Crippen LogP contribution in [-0.4, -0.2) is 5.11 Å². The minimum atomic E-state index is -0.796.